The topological polar surface area (TPSA) is 105 Å². The Morgan fingerprint density at radius 3 is 2.75 bits per heavy atom. The number of rotatable bonds is 6. The molecule has 0 unspecified atom stereocenters. The fraction of sp³-hybridized carbons (Fsp3) is 0.500. The van der Waals surface area contributed by atoms with Gasteiger partial charge in [0, 0.05) is 11.0 Å². The molecule has 0 aliphatic heterocycles. The molecule has 0 spiro atoms. The lowest BCUT2D eigenvalue weighted by atomic mass is 10.4. The molecule has 0 fully saturated rings. The van der Waals surface area contributed by atoms with Crippen LogP contribution in [0.25, 0.3) is 0 Å². The van der Waals surface area contributed by atoms with E-state index in [1.54, 1.807) is 6.92 Å². The van der Waals surface area contributed by atoms with Crippen molar-refractivity contribution in [3.05, 3.63) is 21.9 Å². The number of carbonyl (C=O) groups is 1. The molecule has 0 heterocycles. The maximum absolute atomic E-state index is 11.0. The summed E-state index contributed by atoms with van der Waals surface area (Å²) in [6, 6.07) is 0. The van der Waals surface area contributed by atoms with E-state index in [0.29, 0.717) is 5.70 Å². The van der Waals surface area contributed by atoms with Crippen molar-refractivity contribution in [2.45, 2.75) is 6.92 Å². The molecule has 0 rings (SSSR count). The molecular formula is C8H12BrN3O4. The molecule has 0 aromatic carbocycles. The first-order valence-electron chi connectivity index (χ1n) is 4.40. The van der Waals surface area contributed by atoms with Crippen molar-refractivity contribution in [1.29, 1.82) is 5.41 Å². The predicted octanol–water partition coefficient (Wildman–Crippen LogP) is 0.672. The summed E-state index contributed by atoms with van der Waals surface area (Å²) in [7, 11) is 0. The van der Waals surface area contributed by atoms with Crippen LogP contribution in [-0.4, -0.2) is 35.2 Å². The lowest BCUT2D eigenvalue weighted by molar-refractivity contribution is -0.349. The minimum Gasteiger partial charge on any atom is -0.465 e. The van der Waals surface area contributed by atoms with Gasteiger partial charge in [0.2, 0.25) is 0 Å². The number of nitro groups is 1. The molecule has 0 saturated carbocycles. The van der Waals surface area contributed by atoms with Crippen molar-refractivity contribution >= 4 is 27.7 Å². The number of allylic oxidation sites excluding steroid dienone is 1. The zero-order valence-corrected chi connectivity index (χ0v) is 10.2. The maximum atomic E-state index is 11.0. The number of halogens is 1. The first-order valence-corrected chi connectivity index (χ1v) is 5.52. The summed E-state index contributed by atoms with van der Waals surface area (Å²) in [6.07, 6.45) is 1.04. The molecule has 8 heteroatoms. The van der Waals surface area contributed by atoms with E-state index >= 15 is 0 Å². The van der Waals surface area contributed by atoms with E-state index in [9.17, 15) is 14.9 Å². The number of hydrogen-bond donors (Lipinski definition) is 2. The largest absolute Gasteiger partial charge is 0.465 e. The third-order valence-corrected chi connectivity index (χ3v) is 2.02. The molecule has 0 saturated heterocycles. The average Bonchev–Trinajstić information content (AvgIpc) is 2.24. The van der Waals surface area contributed by atoms with Gasteiger partial charge in [-0.15, -0.1) is 0 Å². The van der Waals surface area contributed by atoms with Gasteiger partial charge in [-0.25, -0.2) is 0 Å². The van der Waals surface area contributed by atoms with E-state index in [0.717, 1.165) is 6.08 Å². The number of hydrogen-bond acceptors (Lipinski definition) is 6. The summed E-state index contributed by atoms with van der Waals surface area (Å²) in [6.45, 7) is 1.87. The lowest BCUT2D eigenvalue weighted by Gasteiger charge is -2.06. The van der Waals surface area contributed by atoms with Crippen molar-refractivity contribution in [3.63, 3.8) is 0 Å². The van der Waals surface area contributed by atoms with Crippen LogP contribution in [0.4, 0.5) is 0 Å². The monoisotopic (exact) mass is 293 g/mol. The number of nitrogens with one attached hydrogen (secondary N) is 2. The zero-order chi connectivity index (χ0) is 12.6. The molecular weight excluding hydrogens is 282 g/mol. The van der Waals surface area contributed by atoms with Gasteiger partial charge in [-0.2, -0.15) is 0 Å². The second kappa shape index (κ2) is 7.80. The summed E-state index contributed by atoms with van der Waals surface area (Å²) < 4.78 is 4.66. The minimum absolute atomic E-state index is 0.0870. The van der Waals surface area contributed by atoms with Crippen LogP contribution in [0.2, 0.25) is 0 Å². The van der Waals surface area contributed by atoms with Crippen LogP contribution in [0.15, 0.2) is 11.8 Å². The Balaban J connectivity index is 4.25. The van der Waals surface area contributed by atoms with Crippen molar-refractivity contribution in [3.8, 4) is 0 Å². The first kappa shape index (κ1) is 14.6. The minimum atomic E-state index is -0.825. The van der Waals surface area contributed by atoms with Crippen LogP contribution in [0.5, 0.6) is 0 Å². The second-order valence-electron chi connectivity index (χ2n) is 2.60. The van der Waals surface area contributed by atoms with Gasteiger partial charge in [-0.1, -0.05) is 21.3 Å². The van der Waals surface area contributed by atoms with Gasteiger partial charge in [0.05, 0.1) is 12.7 Å². The van der Waals surface area contributed by atoms with Crippen LogP contribution >= 0.6 is 15.9 Å². The molecule has 7 nitrogen and oxygen atoms in total. The van der Waals surface area contributed by atoms with Crippen molar-refractivity contribution in [2.75, 3.05) is 18.5 Å². The predicted molar refractivity (Wildman–Crippen MR) is 61.2 cm³/mol. The fourth-order valence-corrected chi connectivity index (χ4v) is 1.11. The summed E-state index contributed by atoms with van der Waals surface area (Å²) in [5, 5.41) is 20.1. The first-order chi connectivity index (χ1) is 7.51. The summed E-state index contributed by atoms with van der Waals surface area (Å²) in [5.41, 5.74) is 0.370. The molecule has 0 aromatic heterocycles. The van der Waals surface area contributed by atoms with Crippen molar-refractivity contribution in [2.24, 2.45) is 0 Å². The quantitative estimate of drug-likeness (QED) is 0.187. The highest BCUT2D eigenvalue weighted by Gasteiger charge is 2.07. The van der Waals surface area contributed by atoms with Gasteiger partial charge >= 0.3 is 11.8 Å². The number of amidine groups is 1. The molecule has 16 heavy (non-hydrogen) atoms. The Morgan fingerprint density at radius 1 is 1.69 bits per heavy atom. The van der Waals surface area contributed by atoms with E-state index in [1.165, 1.54) is 0 Å². The van der Waals surface area contributed by atoms with Crippen molar-refractivity contribution in [1.82, 2.24) is 5.32 Å². The Labute approximate surface area is 101 Å². The van der Waals surface area contributed by atoms with E-state index < -0.39 is 16.7 Å². The Hall–Kier alpha value is -1.44. The lowest BCUT2D eigenvalue weighted by Crippen LogP contribution is -2.26. The molecule has 0 aliphatic rings. The van der Waals surface area contributed by atoms with Crippen LogP contribution < -0.4 is 5.32 Å². The third kappa shape index (κ3) is 6.12. The smallest absolute Gasteiger partial charge is 0.357 e. The molecule has 2 N–H and O–H groups in total. The van der Waals surface area contributed by atoms with Gasteiger partial charge in [-0.05, 0) is 11.8 Å². The van der Waals surface area contributed by atoms with E-state index in [1.807, 2.05) is 0 Å². The normalized spacial score (nSPS) is 10.8. The van der Waals surface area contributed by atoms with Gasteiger partial charge in [0.15, 0.2) is 0 Å². The van der Waals surface area contributed by atoms with Gasteiger partial charge < -0.3 is 20.2 Å². The number of carbonyl (C=O) groups excluding carboxylic acids is 1. The molecule has 0 amide bonds. The Bertz CT molecular complexity index is 316. The Morgan fingerprint density at radius 2 is 2.31 bits per heavy atom. The number of alkyl halides is 1. The molecule has 0 aromatic rings. The maximum Gasteiger partial charge on any atom is 0.357 e. The number of ether oxygens (including phenoxy) is 1. The second-order valence-corrected chi connectivity index (χ2v) is 3.16. The van der Waals surface area contributed by atoms with Gasteiger partial charge in [0.25, 0.3) is 0 Å². The Kier molecular flexibility index (Phi) is 7.10. The van der Waals surface area contributed by atoms with Crippen LogP contribution in [-0.2, 0) is 9.53 Å². The molecule has 0 aliphatic carbocycles. The molecule has 90 valence electrons. The van der Waals surface area contributed by atoms with Crippen LogP contribution in [0.1, 0.15) is 6.92 Å². The third-order valence-electron chi connectivity index (χ3n) is 1.42. The van der Waals surface area contributed by atoms with Crippen LogP contribution in [0.3, 0.4) is 0 Å². The number of esters is 1. The van der Waals surface area contributed by atoms with E-state index in [-0.39, 0.29) is 18.5 Å². The van der Waals surface area contributed by atoms with E-state index in [4.69, 9.17) is 5.41 Å². The average molecular weight is 294 g/mol. The van der Waals surface area contributed by atoms with Gasteiger partial charge in [-0.3, -0.25) is 4.79 Å². The summed E-state index contributed by atoms with van der Waals surface area (Å²) in [5.74, 6) is -1.20. The highest BCUT2D eigenvalue weighted by atomic mass is 79.9. The molecule has 0 bridgehead atoms. The highest BCUT2D eigenvalue weighted by Crippen LogP contribution is 1.96. The van der Waals surface area contributed by atoms with Gasteiger partial charge in [0.1, 0.15) is 6.54 Å². The standard InChI is InChI=1S/C8H12BrN3O4/c1-2-16-8(13)5-11-6(4-9)3-7(10)12(14)15/h3,10-11H,2,4-5H2,1H3/b6-3-,10-7?. The van der Waals surface area contributed by atoms with Crippen molar-refractivity contribution < 1.29 is 14.5 Å². The SMILES string of the molecule is CCOC(=O)CN/C(=C\C(=N)[N+](=O)[O-])CBr. The summed E-state index contributed by atoms with van der Waals surface area (Å²) >= 11 is 3.08. The zero-order valence-electron chi connectivity index (χ0n) is 8.66. The van der Waals surface area contributed by atoms with Crippen LogP contribution in [0, 0.1) is 15.5 Å². The van der Waals surface area contributed by atoms with E-state index in [2.05, 4.69) is 26.0 Å². The fourth-order valence-electron chi connectivity index (χ4n) is 0.752. The molecule has 0 radical (unpaired) electrons. The molecule has 0 atom stereocenters. The highest BCUT2D eigenvalue weighted by molar-refractivity contribution is 9.09. The number of nitrogens with zero attached hydrogens (tertiary/aromatic N) is 1. The summed E-state index contributed by atoms with van der Waals surface area (Å²) in [4.78, 5) is 20.3.